The zero-order valence-electron chi connectivity index (χ0n) is 19.2. The summed E-state index contributed by atoms with van der Waals surface area (Å²) in [5, 5.41) is 9.80. The van der Waals surface area contributed by atoms with Gasteiger partial charge in [0.2, 0.25) is 5.82 Å². The third-order valence-corrected chi connectivity index (χ3v) is 6.50. The van der Waals surface area contributed by atoms with Crippen LogP contribution in [0.5, 0.6) is 0 Å². The molecule has 1 aliphatic heterocycles. The van der Waals surface area contributed by atoms with E-state index in [1.807, 2.05) is 49.8 Å². The second-order valence-corrected chi connectivity index (χ2v) is 8.78. The SMILES string of the molecule is CCc1nc(C(=O)N2CCc3c(nn(C)c3-c3cccc(Cl)c3)C2C)nn1-c1ccccc1F. The van der Waals surface area contributed by atoms with Crippen LogP contribution in [-0.4, -0.2) is 41.9 Å². The first-order valence-corrected chi connectivity index (χ1v) is 11.6. The molecule has 0 bridgehead atoms. The predicted octanol–water partition coefficient (Wildman–Crippen LogP) is 4.78. The minimum Gasteiger partial charge on any atom is -0.327 e. The maximum atomic E-state index is 14.4. The molecule has 0 saturated heterocycles. The van der Waals surface area contributed by atoms with E-state index in [0.717, 1.165) is 22.5 Å². The number of para-hydroxylation sites is 1. The minimum atomic E-state index is -0.417. The third-order valence-electron chi connectivity index (χ3n) is 6.26. The molecule has 0 aliphatic carbocycles. The maximum absolute atomic E-state index is 14.4. The summed E-state index contributed by atoms with van der Waals surface area (Å²) in [6.07, 6.45) is 1.16. The molecule has 0 saturated carbocycles. The van der Waals surface area contributed by atoms with E-state index in [2.05, 4.69) is 10.1 Å². The van der Waals surface area contributed by atoms with E-state index in [1.54, 1.807) is 23.1 Å². The van der Waals surface area contributed by atoms with Crippen LogP contribution in [0.3, 0.4) is 0 Å². The van der Waals surface area contributed by atoms with Gasteiger partial charge in [0.25, 0.3) is 5.91 Å². The lowest BCUT2D eigenvalue weighted by Crippen LogP contribution is -2.39. The van der Waals surface area contributed by atoms with E-state index < -0.39 is 5.82 Å². The van der Waals surface area contributed by atoms with Crippen molar-refractivity contribution in [3.05, 3.63) is 82.3 Å². The van der Waals surface area contributed by atoms with E-state index in [4.69, 9.17) is 16.7 Å². The molecule has 1 unspecified atom stereocenters. The molecule has 9 heteroatoms. The molecule has 4 aromatic rings. The number of hydrogen-bond acceptors (Lipinski definition) is 4. The van der Waals surface area contributed by atoms with Crippen LogP contribution in [0.15, 0.2) is 48.5 Å². The lowest BCUT2D eigenvalue weighted by molar-refractivity contribution is 0.0661. The zero-order valence-corrected chi connectivity index (χ0v) is 19.9. The summed E-state index contributed by atoms with van der Waals surface area (Å²) in [7, 11) is 1.90. The molecule has 7 nitrogen and oxygen atoms in total. The van der Waals surface area contributed by atoms with Crippen LogP contribution in [0, 0.1) is 5.82 Å². The van der Waals surface area contributed by atoms with Gasteiger partial charge >= 0.3 is 0 Å². The number of rotatable bonds is 4. The van der Waals surface area contributed by atoms with Crippen LogP contribution in [0.25, 0.3) is 16.9 Å². The number of aromatic nitrogens is 5. The maximum Gasteiger partial charge on any atom is 0.294 e. The first-order chi connectivity index (χ1) is 16.4. The topological polar surface area (TPSA) is 68.8 Å². The second-order valence-electron chi connectivity index (χ2n) is 8.34. The summed E-state index contributed by atoms with van der Waals surface area (Å²) in [5.41, 5.74) is 4.23. The monoisotopic (exact) mass is 478 g/mol. The largest absolute Gasteiger partial charge is 0.327 e. The van der Waals surface area contributed by atoms with E-state index in [1.165, 1.54) is 10.7 Å². The van der Waals surface area contributed by atoms with Gasteiger partial charge in [-0.25, -0.2) is 14.1 Å². The standard InChI is InChI=1S/C25H24ClFN6O/c1-4-21-28-24(30-33(21)20-11-6-5-10-19(20)27)25(34)32-13-12-18-22(15(32)2)29-31(3)23(18)16-8-7-9-17(26)14-16/h5-11,14-15H,4,12-13H2,1-3H3. The number of benzene rings is 2. The van der Waals surface area contributed by atoms with Crippen LogP contribution in [-0.2, 0) is 19.9 Å². The number of fused-ring (bicyclic) bond motifs is 1. The van der Waals surface area contributed by atoms with Crippen molar-refractivity contribution >= 4 is 17.5 Å². The van der Waals surface area contributed by atoms with Crippen molar-refractivity contribution in [3.63, 3.8) is 0 Å². The molecule has 1 amide bonds. The summed E-state index contributed by atoms with van der Waals surface area (Å²) < 4.78 is 17.7. The predicted molar refractivity (Wildman–Crippen MR) is 128 cm³/mol. The molecule has 2 aromatic heterocycles. The molecule has 0 fully saturated rings. The van der Waals surface area contributed by atoms with Crippen molar-refractivity contribution in [2.75, 3.05) is 6.54 Å². The highest BCUT2D eigenvalue weighted by Gasteiger charge is 2.35. The van der Waals surface area contributed by atoms with Crippen molar-refractivity contribution in [2.45, 2.75) is 32.7 Å². The van der Waals surface area contributed by atoms with E-state index in [-0.39, 0.29) is 23.5 Å². The van der Waals surface area contributed by atoms with Gasteiger partial charge in [-0.1, -0.05) is 42.8 Å². The average Bonchev–Trinajstić information content (AvgIpc) is 3.40. The van der Waals surface area contributed by atoms with Gasteiger partial charge in [0, 0.05) is 36.2 Å². The van der Waals surface area contributed by atoms with Crippen molar-refractivity contribution in [1.82, 2.24) is 29.4 Å². The quantitative estimate of drug-likeness (QED) is 0.423. The molecule has 0 spiro atoms. The lowest BCUT2D eigenvalue weighted by atomic mass is 9.95. The molecule has 5 rings (SSSR count). The fourth-order valence-electron chi connectivity index (χ4n) is 4.63. The first-order valence-electron chi connectivity index (χ1n) is 11.2. The van der Waals surface area contributed by atoms with Gasteiger partial charge in [-0.3, -0.25) is 9.48 Å². The third kappa shape index (κ3) is 3.68. The van der Waals surface area contributed by atoms with Crippen molar-refractivity contribution in [2.24, 2.45) is 7.05 Å². The summed E-state index contributed by atoms with van der Waals surface area (Å²) in [6, 6.07) is 13.8. The smallest absolute Gasteiger partial charge is 0.294 e. The molecule has 3 heterocycles. The zero-order chi connectivity index (χ0) is 24.0. The number of amides is 1. The highest BCUT2D eigenvalue weighted by atomic mass is 35.5. The Kier molecular flexibility index (Phi) is 5.69. The summed E-state index contributed by atoms with van der Waals surface area (Å²) in [6.45, 7) is 4.36. The fourth-order valence-corrected chi connectivity index (χ4v) is 4.82. The second kappa shape index (κ2) is 8.68. The fraction of sp³-hybridized carbons (Fsp3) is 0.280. The van der Waals surface area contributed by atoms with Crippen LogP contribution < -0.4 is 0 Å². The van der Waals surface area contributed by atoms with E-state index in [9.17, 15) is 9.18 Å². The van der Waals surface area contributed by atoms with Crippen LogP contribution >= 0.6 is 11.6 Å². The molecule has 1 aliphatic rings. The number of carbonyl (C=O) groups excluding carboxylic acids is 1. The molecule has 34 heavy (non-hydrogen) atoms. The van der Waals surface area contributed by atoms with Gasteiger partial charge in [0.05, 0.1) is 17.4 Å². The lowest BCUT2D eigenvalue weighted by Gasteiger charge is -2.32. The van der Waals surface area contributed by atoms with Crippen molar-refractivity contribution < 1.29 is 9.18 Å². The normalized spacial score (nSPS) is 15.4. The molecular weight excluding hydrogens is 455 g/mol. The Bertz CT molecular complexity index is 1390. The molecule has 2 aromatic carbocycles. The number of halogens is 2. The summed E-state index contributed by atoms with van der Waals surface area (Å²) >= 11 is 6.22. The van der Waals surface area contributed by atoms with Crippen molar-refractivity contribution in [1.29, 1.82) is 0 Å². The minimum absolute atomic E-state index is 0.0569. The van der Waals surface area contributed by atoms with Gasteiger partial charge in [-0.2, -0.15) is 5.10 Å². The number of carbonyl (C=O) groups is 1. The first kappa shape index (κ1) is 22.3. The Hall–Kier alpha value is -3.52. The number of hydrogen-bond donors (Lipinski definition) is 0. The molecule has 0 radical (unpaired) electrons. The van der Waals surface area contributed by atoms with Gasteiger partial charge in [-0.05, 0) is 37.6 Å². The Morgan fingerprint density at radius 3 is 2.71 bits per heavy atom. The van der Waals surface area contributed by atoms with Gasteiger partial charge in [-0.15, -0.1) is 5.10 Å². The van der Waals surface area contributed by atoms with Crippen molar-refractivity contribution in [3.8, 4) is 16.9 Å². The Morgan fingerprint density at radius 1 is 1.18 bits per heavy atom. The molecule has 174 valence electrons. The summed E-state index contributed by atoms with van der Waals surface area (Å²) in [5.74, 6) is -0.127. The van der Waals surface area contributed by atoms with E-state index >= 15 is 0 Å². The highest BCUT2D eigenvalue weighted by molar-refractivity contribution is 6.30. The van der Waals surface area contributed by atoms with Crippen LogP contribution in [0.4, 0.5) is 4.39 Å². The molecular formula is C25H24ClFN6O. The van der Waals surface area contributed by atoms with Crippen LogP contribution in [0.2, 0.25) is 5.02 Å². The Morgan fingerprint density at radius 2 is 1.97 bits per heavy atom. The van der Waals surface area contributed by atoms with Gasteiger partial charge < -0.3 is 4.90 Å². The Balaban J connectivity index is 1.48. The number of aryl methyl sites for hydroxylation is 2. The Labute approximate surface area is 201 Å². The molecule has 1 atom stereocenters. The van der Waals surface area contributed by atoms with E-state index in [0.29, 0.717) is 30.2 Å². The number of nitrogens with zero attached hydrogens (tertiary/aromatic N) is 6. The van der Waals surface area contributed by atoms with Gasteiger partial charge in [0.15, 0.2) is 0 Å². The average molecular weight is 479 g/mol. The molecule has 0 N–H and O–H groups in total. The highest BCUT2D eigenvalue weighted by Crippen LogP contribution is 2.36. The summed E-state index contributed by atoms with van der Waals surface area (Å²) in [4.78, 5) is 19.6. The van der Waals surface area contributed by atoms with Crippen LogP contribution in [0.1, 0.15) is 47.6 Å². The van der Waals surface area contributed by atoms with Gasteiger partial charge in [0.1, 0.15) is 17.3 Å².